The monoisotopic (exact) mass is 304 g/mol. The van der Waals surface area contributed by atoms with Crippen molar-refractivity contribution in [2.24, 2.45) is 0 Å². The third kappa shape index (κ3) is 2.17. The topological polar surface area (TPSA) is 94.1 Å². The van der Waals surface area contributed by atoms with Crippen molar-refractivity contribution in [1.29, 1.82) is 0 Å². The van der Waals surface area contributed by atoms with E-state index < -0.39 is 4.92 Å². The molecule has 0 radical (unpaired) electrons. The van der Waals surface area contributed by atoms with E-state index in [2.05, 4.69) is 15.3 Å². The average molecular weight is 305 g/mol. The Kier molecular flexibility index (Phi) is 3.19. The lowest BCUT2D eigenvalue weighted by Crippen LogP contribution is -2.02. The fourth-order valence-electron chi connectivity index (χ4n) is 2.06. The molecule has 2 heterocycles. The fourth-order valence-corrected chi connectivity index (χ4v) is 2.28. The number of aromatic nitrogens is 2. The van der Waals surface area contributed by atoms with Crippen LogP contribution in [0.2, 0.25) is 5.02 Å². The Hall–Kier alpha value is -2.67. The van der Waals surface area contributed by atoms with E-state index in [9.17, 15) is 10.1 Å². The largest absolute Gasteiger partial charge is 0.453 e. The standard InChI is InChI=1S/C13H9ClN4O3/c1-15-13-11(18(19)20)10(16-6-17-13)9-5-7-3-2-4-8(14)12(7)21-9/h2-6H,1H3,(H,15,16,17). The van der Waals surface area contributed by atoms with Gasteiger partial charge in [0.2, 0.25) is 5.82 Å². The molecule has 3 aromatic rings. The number of hydrogen-bond acceptors (Lipinski definition) is 6. The number of nitrogens with one attached hydrogen (secondary N) is 1. The van der Waals surface area contributed by atoms with Crippen LogP contribution in [0.4, 0.5) is 11.5 Å². The number of benzene rings is 1. The van der Waals surface area contributed by atoms with Gasteiger partial charge in [0.05, 0.1) is 9.95 Å². The van der Waals surface area contributed by atoms with E-state index in [0.29, 0.717) is 10.6 Å². The molecule has 0 aliphatic rings. The predicted octanol–water partition coefficient (Wildman–Crippen LogP) is 3.49. The SMILES string of the molecule is CNc1ncnc(-c2cc3cccc(Cl)c3o2)c1[N+](=O)[O-]. The molecule has 0 aliphatic heterocycles. The summed E-state index contributed by atoms with van der Waals surface area (Å²) in [4.78, 5) is 18.5. The normalized spacial score (nSPS) is 10.8. The molecule has 0 atom stereocenters. The quantitative estimate of drug-likeness (QED) is 0.588. The zero-order chi connectivity index (χ0) is 15.0. The Morgan fingerprint density at radius 2 is 2.19 bits per heavy atom. The van der Waals surface area contributed by atoms with Gasteiger partial charge in [0.15, 0.2) is 17.0 Å². The summed E-state index contributed by atoms with van der Waals surface area (Å²) in [5.74, 6) is 0.389. The molecule has 21 heavy (non-hydrogen) atoms. The maximum absolute atomic E-state index is 11.3. The van der Waals surface area contributed by atoms with Crippen molar-refractivity contribution in [2.45, 2.75) is 0 Å². The van der Waals surface area contributed by atoms with E-state index in [1.165, 1.54) is 6.33 Å². The maximum Gasteiger partial charge on any atom is 0.340 e. The molecule has 0 aliphatic carbocycles. The van der Waals surface area contributed by atoms with E-state index in [1.54, 1.807) is 31.3 Å². The third-order valence-corrected chi connectivity index (χ3v) is 3.27. The van der Waals surface area contributed by atoms with Gasteiger partial charge in [-0.25, -0.2) is 9.97 Å². The number of hydrogen-bond donors (Lipinski definition) is 1. The van der Waals surface area contributed by atoms with Crippen molar-refractivity contribution in [1.82, 2.24) is 9.97 Å². The van der Waals surface area contributed by atoms with Crippen molar-refractivity contribution < 1.29 is 9.34 Å². The highest BCUT2D eigenvalue weighted by atomic mass is 35.5. The summed E-state index contributed by atoms with van der Waals surface area (Å²) in [5.41, 5.74) is 0.329. The molecule has 0 amide bonds. The number of anilines is 1. The minimum Gasteiger partial charge on any atom is -0.453 e. The van der Waals surface area contributed by atoms with Crippen LogP contribution in [0, 0.1) is 10.1 Å². The van der Waals surface area contributed by atoms with Crippen LogP contribution in [0.5, 0.6) is 0 Å². The first kappa shape index (κ1) is 13.3. The number of halogens is 1. The van der Waals surface area contributed by atoms with Crippen molar-refractivity contribution >= 4 is 34.1 Å². The van der Waals surface area contributed by atoms with Gasteiger partial charge in [-0.3, -0.25) is 10.1 Å². The van der Waals surface area contributed by atoms with Gasteiger partial charge in [-0.2, -0.15) is 0 Å². The van der Waals surface area contributed by atoms with Crippen molar-refractivity contribution in [3.8, 4) is 11.5 Å². The van der Waals surface area contributed by atoms with Gasteiger partial charge in [0.25, 0.3) is 0 Å². The second-order valence-electron chi connectivity index (χ2n) is 4.20. The first-order valence-electron chi connectivity index (χ1n) is 5.97. The zero-order valence-electron chi connectivity index (χ0n) is 10.8. The first-order valence-corrected chi connectivity index (χ1v) is 6.35. The summed E-state index contributed by atoms with van der Waals surface area (Å²) in [6.07, 6.45) is 1.24. The van der Waals surface area contributed by atoms with Crippen LogP contribution in [-0.2, 0) is 0 Å². The van der Waals surface area contributed by atoms with Crippen LogP contribution in [0.25, 0.3) is 22.4 Å². The van der Waals surface area contributed by atoms with Crippen LogP contribution in [0.3, 0.4) is 0 Å². The number of nitro groups is 1. The Bertz CT molecular complexity index is 847. The third-order valence-electron chi connectivity index (χ3n) is 2.97. The molecule has 0 unspecified atom stereocenters. The Morgan fingerprint density at radius 1 is 1.38 bits per heavy atom. The minimum atomic E-state index is -0.546. The lowest BCUT2D eigenvalue weighted by atomic mass is 10.2. The van der Waals surface area contributed by atoms with E-state index in [4.69, 9.17) is 16.0 Å². The number of para-hydroxylation sites is 1. The lowest BCUT2D eigenvalue weighted by molar-refractivity contribution is -0.383. The van der Waals surface area contributed by atoms with E-state index in [-0.39, 0.29) is 23.0 Å². The highest BCUT2D eigenvalue weighted by Crippen LogP contribution is 2.37. The fraction of sp³-hybridized carbons (Fsp3) is 0.0769. The summed E-state index contributed by atoms with van der Waals surface area (Å²) in [6.45, 7) is 0. The molecule has 0 spiro atoms. The number of furan rings is 1. The molecular weight excluding hydrogens is 296 g/mol. The molecule has 106 valence electrons. The maximum atomic E-state index is 11.3. The predicted molar refractivity (Wildman–Crippen MR) is 78.5 cm³/mol. The number of fused-ring (bicyclic) bond motifs is 1. The number of nitrogens with zero attached hydrogens (tertiary/aromatic N) is 3. The molecule has 0 saturated carbocycles. The second kappa shape index (κ2) is 5.02. The van der Waals surface area contributed by atoms with Crippen LogP contribution in [-0.4, -0.2) is 21.9 Å². The van der Waals surface area contributed by atoms with Gasteiger partial charge in [0.1, 0.15) is 6.33 Å². The van der Waals surface area contributed by atoms with E-state index >= 15 is 0 Å². The molecule has 0 saturated heterocycles. The summed E-state index contributed by atoms with van der Waals surface area (Å²) in [5, 5.41) is 15.1. The highest BCUT2D eigenvalue weighted by Gasteiger charge is 2.25. The molecule has 0 bridgehead atoms. The van der Waals surface area contributed by atoms with Crippen molar-refractivity contribution in [3.05, 3.63) is 45.7 Å². The number of rotatable bonds is 3. The van der Waals surface area contributed by atoms with Gasteiger partial charge < -0.3 is 9.73 Å². The van der Waals surface area contributed by atoms with Crippen LogP contribution >= 0.6 is 11.6 Å². The van der Waals surface area contributed by atoms with Crippen molar-refractivity contribution in [2.75, 3.05) is 12.4 Å². The molecule has 0 fully saturated rings. The Labute approximate surface area is 123 Å². The van der Waals surface area contributed by atoms with Gasteiger partial charge in [-0.1, -0.05) is 23.7 Å². The van der Waals surface area contributed by atoms with E-state index in [0.717, 1.165) is 5.39 Å². The summed E-state index contributed by atoms with van der Waals surface area (Å²) < 4.78 is 5.62. The first-order chi connectivity index (χ1) is 10.1. The highest BCUT2D eigenvalue weighted by molar-refractivity contribution is 6.34. The van der Waals surface area contributed by atoms with E-state index in [1.807, 2.05) is 0 Å². The lowest BCUT2D eigenvalue weighted by Gasteiger charge is -2.03. The molecular formula is C13H9ClN4O3. The van der Waals surface area contributed by atoms with Crippen molar-refractivity contribution in [3.63, 3.8) is 0 Å². The molecule has 7 nitrogen and oxygen atoms in total. The van der Waals surface area contributed by atoms with Gasteiger partial charge >= 0.3 is 5.69 Å². The van der Waals surface area contributed by atoms with Gasteiger partial charge in [0, 0.05) is 12.4 Å². The molecule has 3 rings (SSSR count). The molecule has 1 aromatic carbocycles. The van der Waals surface area contributed by atoms with Gasteiger partial charge in [-0.05, 0) is 12.1 Å². The molecule has 8 heteroatoms. The van der Waals surface area contributed by atoms with Crippen LogP contribution in [0.15, 0.2) is 35.0 Å². The Balaban J connectivity index is 2.27. The van der Waals surface area contributed by atoms with Gasteiger partial charge in [-0.15, -0.1) is 0 Å². The molecule has 1 N–H and O–H groups in total. The summed E-state index contributed by atoms with van der Waals surface area (Å²) in [6, 6.07) is 6.93. The Morgan fingerprint density at radius 3 is 2.86 bits per heavy atom. The molecule has 2 aromatic heterocycles. The van der Waals surface area contributed by atoms with Crippen LogP contribution in [0.1, 0.15) is 0 Å². The second-order valence-corrected chi connectivity index (χ2v) is 4.60. The van der Waals surface area contributed by atoms with Crippen LogP contribution < -0.4 is 5.32 Å². The smallest absolute Gasteiger partial charge is 0.340 e. The summed E-state index contributed by atoms with van der Waals surface area (Å²) in [7, 11) is 1.55. The average Bonchev–Trinajstić information content (AvgIpc) is 2.91. The zero-order valence-corrected chi connectivity index (χ0v) is 11.6. The summed E-state index contributed by atoms with van der Waals surface area (Å²) >= 11 is 6.05. The minimum absolute atomic E-state index is 0.103.